The molecule has 3 aromatic carbocycles. The number of fused-ring (bicyclic) bond motifs is 1. The van der Waals surface area contributed by atoms with Gasteiger partial charge in [0, 0.05) is 45.7 Å². The molecule has 0 saturated carbocycles. The first-order chi connectivity index (χ1) is 17.0. The Morgan fingerprint density at radius 2 is 1.60 bits per heavy atom. The maximum absolute atomic E-state index is 14.4. The van der Waals surface area contributed by atoms with Gasteiger partial charge in [-0.2, -0.15) is 0 Å². The summed E-state index contributed by atoms with van der Waals surface area (Å²) in [4.78, 5) is 4.84. The zero-order chi connectivity index (χ0) is 24.2. The van der Waals surface area contributed by atoms with Crippen molar-refractivity contribution >= 4 is 0 Å². The van der Waals surface area contributed by atoms with Gasteiger partial charge in [-0.25, -0.2) is 8.78 Å². The van der Waals surface area contributed by atoms with E-state index in [0.29, 0.717) is 6.42 Å². The second-order valence-corrected chi connectivity index (χ2v) is 9.19. The number of rotatable bonds is 8. The van der Waals surface area contributed by atoms with E-state index in [0.717, 1.165) is 61.9 Å². The number of benzene rings is 3. The van der Waals surface area contributed by atoms with Crippen LogP contribution in [0.1, 0.15) is 29.2 Å². The highest BCUT2D eigenvalue weighted by atomic mass is 19.1. The average molecular weight is 481 g/mol. The molecule has 0 aromatic heterocycles. The standard InChI is InChI=1S/C28H30F2N2O3/c1-20-2-8-24(30)27(16-20)35-25(22-4-6-23(29)7-5-22)10-11-31-12-14-32(15-13-31)18-21-3-9-26-28(17-21)34-19-33-26/h2-9,16-17,25H,10-15,18-19H2,1H3. The van der Waals surface area contributed by atoms with Crippen LogP contribution in [0.5, 0.6) is 17.2 Å². The summed E-state index contributed by atoms with van der Waals surface area (Å²) in [5.41, 5.74) is 2.99. The van der Waals surface area contributed by atoms with Gasteiger partial charge in [0.2, 0.25) is 6.79 Å². The number of ether oxygens (including phenoxy) is 3. The van der Waals surface area contributed by atoms with Crippen molar-refractivity contribution in [1.29, 1.82) is 0 Å². The fourth-order valence-electron chi connectivity index (χ4n) is 4.59. The number of halogens is 2. The third kappa shape index (κ3) is 5.92. The minimum atomic E-state index is -0.389. The molecule has 3 aromatic rings. The van der Waals surface area contributed by atoms with Crippen LogP contribution in [0, 0.1) is 18.6 Å². The van der Waals surface area contributed by atoms with Gasteiger partial charge in [0.05, 0.1) is 0 Å². The normalized spacial score (nSPS) is 16.9. The molecule has 0 bridgehead atoms. The average Bonchev–Trinajstić information content (AvgIpc) is 3.33. The van der Waals surface area contributed by atoms with E-state index in [1.54, 1.807) is 24.3 Å². The van der Waals surface area contributed by atoms with E-state index in [4.69, 9.17) is 14.2 Å². The molecule has 7 heteroatoms. The van der Waals surface area contributed by atoms with Gasteiger partial charge in [0.1, 0.15) is 11.9 Å². The Hall–Kier alpha value is -3.16. The summed E-state index contributed by atoms with van der Waals surface area (Å²) >= 11 is 0. The Bertz CT molecular complexity index is 1150. The molecule has 1 atom stereocenters. The molecule has 5 nitrogen and oxygen atoms in total. The first kappa shape index (κ1) is 23.6. The van der Waals surface area contributed by atoms with Crippen LogP contribution >= 0.6 is 0 Å². The molecule has 2 aliphatic heterocycles. The molecular weight excluding hydrogens is 450 g/mol. The summed E-state index contributed by atoms with van der Waals surface area (Å²) in [7, 11) is 0. The smallest absolute Gasteiger partial charge is 0.231 e. The van der Waals surface area contributed by atoms with Crippen LogP contribution in [0.3, 0.4) is 0 Å². The number of nitrogens with zero attached hydrogens (tertiary/aromatic N) is 2. The molecule has 0 amide bonds. The third-order valence-electron chi connectivity index (χ3n) is 6.61. The minimum absolute atomic E-state index is 0.230. The zero-order valence-corrected chi connectivity index (χ0v) is 19.9. The Morgan fingerprint density at radius 1 is 0.857 bits per heavy atom. The van der Waals surface area contributed by atoms with E-state index in [2.05, 4.69) is 21.9 Å². The van der Waals surface area contributed by atoms with E-state index in [9.17, 15) is 8.78 Å². The predicted octanol–water partition coefficient (Wildman–Crippen LogP) is 5.33. The highest BCUT2D eigenvalue weighted by molar-refractivity contribution is 5.44. The van der Waals surface area contributed by atoms with Gasteiger partial charge in [-0.05, 0) is 60.0 Å². The monoisotopic (exact) mass is 480 g/mol. The maximum atomic E-state index is 14.4. The van der Waals surface area contributed by atoms with Gasteiger partial charge in [-0.3, -0.25) is 4.90 Å². The van der Waals surface area contributed by atoms with Gasteiger partial charge in [0.25, 0.3) is 0 Å². The minimum Gasteiger partial charge on any atom is -0.483 e. The Kier molecular flexibility index (Phi) is 7.16. The highest BCUT2D eigenvalue weighted by Crippen LogP contribution is 2.33. The van der Waals surface area contributed by atoms with Crippen molar-refractivity contribution in [3.63, 3.8) is 0 Å². The van der Waals surface area contributed by atoms with Gasteiger partial charge in [0.15, 0.2) is 23.1 Å². The second-order valence-electron chi connectivity index (χ2n) is 9.19. The van der Waals surface area contributed by atoms with Crippen LogP contribution in [0.25, 0.3) is 0 Å². The van der Waals surface area contributed by atoms with Gasteiger partial charge in [-0.1, -0.05) is 24.3 Å². The predicted molar refractivity (Wildman–Crippen MR) is 130 cm³/mol. The molecule has 0 radical (unpaired) electrons. The first-order valence-electron chi connectivity index (χ1n) is 12.0. The van der Waals surface area contributed by atoms with Crippen molar-refractivity contribution in [3.05, 3.63) is 89.0 Å². The van der Waals surface area contributed by atoms with Gasteiger partial charge in [-0.15, -0.1) is 0 Å². The lowest BCUT2D eigenvalue weighted by Gasteiger charge is -2.35. The molecule has 0 N–H and O–H groups in total. The zero-order valence-electron chi connectivity index (χ0n) is 19.9. The summed E-state index contributed by atoms with van der Waals surface area (Å²) in [6.45, 7) is 7.69. The molecular formula is C28H30F2N2O3. The summed E-state index contributed by atoms with van der Waals surface area (Å²) in [5.74, 6) is 1.17. The fourth-order valence-corrected chi connectivity index (χ4v) is 4.59. The largest absolute Gasteiger partial charge is 0.483 e. The van der Waals surface area contributed by atoms with Crippen molar-refractivity contribution in [2.75, 3.05) is 39.5 Å². The van der Waals surface area contributed by atoms with Crippen molar-refractivity contribution in [3.8, 4) is 17.2 Å². The van der Waals surface area contributed by atoms with E-state index < -0.39 is 0 Å². The molecule has 2 heterocycles. The molecule has 35 heavy (non-hydrogen) atoms. The molecule has 0 spiro atoms. The molecule has 1 saturated heterocycles. The number of aryl methyl sites for hydroxylation is 1. The van der Waals surface area contributed by atoms with E-state index in [-0.39, 0.29) is 30.3 Å². The quantitative estimate of drug-likeness (QED) is 0.435. The molecule has 1 fully saturated rings. The summed E-state index contributed by atoms with van der Waals surface area (Å²) in [6.07, 6.45) is 0.319. The third-order valence-corrected chi connectivity index (χ3v) is 6.61. The Morgan fingerprint density at radius 3 is 2.40 bits per heavy atom. The lowest BCUT2D eigenvalue weighted by atomic mass is 10.1. The lowest BCUT2D eigenvalue weighted by molar-refractivity contribution is 0.105. The fraction of sp³-hybridized carbons (Fsp3) is 0.357. The highest BCUT2D eigenvalue weighted by Gasteiger charge is 2.22. The lowest BCUT2D eigenvalue weighted by Crippen LogP contribution is -2.46. The maximum Gasteiger partial charge on any atom is 0.231 e. The van der Waals surface area contributed by atoms with Crippen LogP contribution in [0.4, 0.5) is 8.78 Å². The first-order valence-corrected chi connectivity index (χ1v) is 12.0. The van der Waals surface area contributed by atoms with Crippen molar-refractivity contribution in [2.24, 2.45) is 0 Å². The molecule has 1 unspecified atom stereocenters. The SMILES string of the molecule is Cc1ccc(F)c(OC(CCN2CCN(Cc3ccc4c(c3)OCO4)CC2)c2ccc(F)cc2)c1. The van der Waals surface area contributed by atoms with E-state index in [1.807, 2.05) is 13.0 Å². The molecule has 0 aliphatic carbocycles. The van der Waals surface area contributed by atoms with Crippen LogP contribution in [-0.2, 0) is 6.54 Å². The van der Waals surface area contributed by atoms with Crippen molar-refractivity contribution in [1.82, 2.24) is 9.80 Å². The second kappa shape index (κ2) is 10.6. The van der Waals surface area contributed by atoms with E-state index in [1.165, 1.54) is 23.8 Å². The number of piperazine rings is 1. The number of hydrogen-bond acceptors (Lipinski definition) is 5. The van der Waals surface area contributed by atoms with Crippen LogP contribution < -0.4 is 14.2 Å². The molecule has 5 rings (SSSR count). The summed E-state index contributed by atoms with van der Waals surface area (Å²) < 4.78 is 44.9. The Labute approximate surface area is 204 Å². The van der Waals surface area contributed by atoms with Gasteiger partial charge < -0.3 is 19.1 Å². The van der Waals surface area contributed by atoms with E-state index >= 15 is 0 Å². The topological polar surface area (TPSA) is 34.2 Å². The summed E-state index contributed by atoms with van der Waals surface area (Å²) in [5, 5.41) is 0. The van der Waals surface area contributed by atoms with Crippen molar-refractivity contribution in [2.45, 2.75) is 26.0 Å². The Balaban J connectivity index is 1.17. The van der Waals surface area contributed by atoms with Crippen LogP contribution in [0.15, 0.2) is 60.7 Å². The van der Waals surface area contributed by atoms with Crippen molar-refractivity contribution < 1.29 is 23.0 Å². The van der Waals surface area contributed by atoms with Crippen LogP contribution in [-0.4, -0.2) is 49.3 Å². The molecule has 2 aliphatic rings. The molecule has 184 valence electrons. The number of hydrogen-bond donors (Lipinski definition) is 0. The summed E-state index contributed by atoms with van der Waals surface area (Å²) in [6, 6.07) is 17.3. The van der Waals surface area contributed by atoms with Gasteiger partial charge >= 0.3 is 0 Å². The van der Waals surface area contributed by atoms with Crippen LogP contribution in [0.2, 0.25) is 0 Å².